The Balaban J connectivity index is 1.60. The molecule has 0 aliphatic carbocycles. The van der Waals surface area contributed by atoms with Gasteiger partial charge in [0.2, 0.25) is 0 Å². The van der Waals surface area contributed by atoms with E-state index < -0.39 is 17.8 Å². The van der Waals surface area contributed by atoms with E-state index in [0.29, 0.717) is 17.2 Å². The van der Waals surface area contributed by atoms with E-state index in [9.17, 15) is 18.0 Å². The minimum absolute atomic E-state index is 0.0420. The first-order valence-corrected chi connectivity index (χ1v) is 8.25. The Morgan fingerprint density at radius 1 is 0.929 bits per heavy atom. The van der Waals surface area contributed by atoms with Crippen LogP contribution in [-0.4, -0.2) is 11.0 Å². The van der Waals surface area contributed by atoms with Crippen LogP contribution in [0.4, 0.5) is 29.3 Å². The Bertz CT molecular complexity index is 973. The van der Waals surface area contributed by atoms with E-state index in [2.05, 4.69) is 15.6 Å². The molecule has 0 atom stereocenters. The number of benzene rings is 2. The van der Waals surface area contributed by atoms with Crippen LogP contribution in [-0.2, 0) is 6.18 Å². The molecule has 0 aliphatic heterocycles. The average Bonchev–Trinajstić information content (AvgIpc) is 2.63. The summed E-state index contributed by atoms with van der Waals surface area (Å²) < 4.78 is 43.9. The number of hydrogen-bond acceptors (Lipinski definition) is 3. The molecule has 0 bridgehead atoms. The van der Waals surface area contributed by atoms with Crippen molar-refractivity contribution in [2.75, 3.05) is 10.6 Å². The number of hydrogen-bond donors (Lipinski definition) is 2. The van der Waals surface area contributed by atoms with E-state index in [1.54, 1.807) is 42.6 Å². The highest BCUT2D eigenvalue weighted by molar-refractivity contribution is 5.99. The number of halogens is 3. The minimum Gasteiger partial charge on any atom is -0.457 e. The van der Waals surface area contributed by atoms with Gasteiger partial charge in [-0.2, -0.15) is 13.2 Å². The van der Waals surface area contributed by atoms with Gasteiger partial charge in [0.15, 0.2) is 0 Å². The van der Waals surface area contributed by atoms with Gasteiger partial charge in [0.1, 0.15) is 11.5 Å². The van der Waals surface area contributed by atoms with Crippen molar-refractivity contribution in [2.24, 2.45) is 0 Å². The van der Waals surface area contributed by atoms with Gasteiger partial charge in [-0.25, -0.2) is 4.79 Å². The van der Waals surface area contributed by atoms with Crippen LogP contribution in [0.1, 0.15) is 11.3 Å². The Kier molecular flexibility index (Phi) is 5.49. The van der Waals surface area contributed by atoms with Crippen LogP contribution < -0.4 is 15.4 Å². The number of rotatable bonds is 4. The molecule has 8 heteroatoms. The van der Waals surface area contributed by atoms with Crippen LogP contribution in [0.2, 0.25) is 0 Å². The summed E-state index contributed by atoms with van der Waals surface area (Å²) in [5, 5.41) is 4.93. The van der Waals surface area contributed by atoms with Gasteiger partial charge in [-0.15, -0.1) is 0 Å². The SMILES string of the molecule is Cc1cc(Oc2ccc(NC(=O)Nc3cccc(C(F)(F)F)c3)cc2)ccn1. The molecule has 0 unspecified atom stereocenters. The fourth-order valence-electron chi connectivity index (χ4n) is 2.39. The Morgan fingerprint density at radius 2 is 1.64 bits per heavy atom. The van der Waals surface area contributed by atoms with E-state index >= 15 is 0 Å². The first kappa shape index (κ1) is 19.2. The second-order valence-corrected chi connectivity index (χ2v) is 5.92. The van der Waals surface area contributed by atoms with Crippen LogP contribution >= 0.6 is 0 Å². The Morgan fingerprint density at radius 3 is 2.32 bits per heavy atom. The highest BCUT2D eigenvalue weighted by Gasteiger charge is 2.30. The number of aryl methyl sites for hydroxylation is 1. The van der Waals surface area contributed by atoms with Crippen LogP contribution in [0.25, 0.3) is 0 Å². The first-order valence-electron chi connectivity index (χ1n) is 8.25. The summed E-state index contributed by atoms with van der Waals surface area (Å²) in [5.41, 5.74) is 0.489. The highest BCUT2D eigenvalue weighted by Crippen LogP contribution is 2.30. The topological polar surface area (TPSA) is 63.2 Å². The van der Waals surface area contributed by atoms with Crippen molar-refractivity contribution in [1.29, 1.82) is 0 Å². The second-order valence-electron chi connectivity index (χ2n) is 5.92. The predicted molar refractivity (Wildman–Crippen MR) is 99.6 cm³/mol. The molecule has 0 aliphatic rings. The maximum atomic E-state index is 12.7. The molecule has 0 radical (unpaired) electrons. The molecule has 0 saturated carbocycles. The number of urea groups is 1. The Labute approximate surface area is 159 Å². The summed E-state index contributed by atoms with van der Waals surface area (Å²) in [6.07, 6.45) is -2.84. The van der Waals surface area contributed by atoms with Gasteiger partial charge >= 0.3 is 12.2 Å². The van der Waals surface area contributed by atoms with E-state index in [0.717, 1.165) is 17.8 Å². The van der Waals surface area contributed by atoms with Crippen molar-refractivity contribution in [3.05, 3.63) is 78.1 Å². The standard InChI is InChI=1S/C20H16F3N3O2/c1-13-11-18(9-10-24-13)28-17-7-5-15(6-8-17)25-19(27)26-16-4-2-3-14(12-16)20(21,22)23/h2-12H,1H3,(H2,25,26,27). The predicted octanol–water partition coefficient (Wildman–Crippen LogP) is 5.85. The number of carbonyl (C=O) groups excluding carboxylic acids is 1. The molecule has 2 amide bonds. The van der Waals surface area contributed by atoms with E-state index in [1.807, 2.05) is 6.92 Å². The molecule has 0 saturated heterocycles. The van der Waals surface area contributed by atoms with Crippen molar-refractivity contribution in [3.8, 4) is 11.5 Å². The monoisotopic (exact) mass is 387 g/mol. The summed E-state index contributed by atoms with van der Waals surface area (Å²) in [6, 6.07) is 13.8. The number of carbonyl (C=O) groups is 1. The summed E-state index contributed by atoms with van der Waals surface area (Å²) in [7, 11) is 0. The van der Waals surface area contributed by atoms with Crippen molar-refractivity contribution in [2.45, 2.75) is 13.1 Å². The number of pyridine rings is 1. The molecule has 3 rings (SSSR count). The van der Waals surface area contributed by atoms with Gasteiger partial charge < -0.3 is 15.4 Å². The van der Waals surface area contributed by atoms with E-state index in [-0.39, 0.29) is 5.69 Å². The summed E-state index contributed by atoms with van der Waals surface area (Å²) in [5.74, 6) is 1.20. The third kappa shape index (κ3) is 5.23. The average molecular weight is 387 g/mol. The van der Waals surface area contributed by atoms with Crippen molar-refractivity contribution in [3.63, 3.8) is 0 Å². The fourth-order valence-corrected chi connectivity index (χ4v) is 2.39. The lowest BCUT2D eigenvalue weighted by Gasteiger charge is -2.11. The number of aromatic nitrogens is 1. The molecule has 2 aromatic carbocycles. The number of anilines is 2. The zero-order chi connectivity index (χ0) is 20.1. The summed E-state index contributed by atoms with van der Waals surface area (Å²) in [4.78, 5) is 16.1. The van der Waals surface area contributed by atoms with Gasteiger partial charge in [-0.3, -0.25) is 4.98 Å². The van der Waals surface area contributed by atoms with Crippen molar-refractivity contribution in [1.82, 2.24) is 4.98 Å². The van der Waals surface area contributed by atoms with Gasteiger partial charge in [-0.05, 0) is 55.5 Å². The molecule has 0 fully saturated rings. The lowest BCUT2D eigenvalue weighted by atomic mass is 10.2. The lowest BCUT2D eigenvalue weighted by Crippen LogP contribution is -2.19. The molecule has 28 heavy (non-hydrogen) atoms. The highest BCUT2D eigenvalue weighted by atomic mass is 19.4. The van der Waals surface area contributed by atoms with Crippen LogP contribution in [0.15, 0.2) is 66.9 Å². The molecule has 3 aromatic rings. The van der Waals surface area contributed by atoms with E-state index in [4.69, 9.17) is 4.74 Å². The third-order valence-electron chi connectivity index (χ3n) is 3.66. The number of alkyl halides is 3. The van der Waals surface area contributed by atoms with Gasteiger partial charge in [-0.1, -0.05) is 6.07 Å². The molecule has 5 nitrogen and oxygen atoms in total. The van der Waals surface area contributed by atoms with Crippen LogP contribution in [0, 0.1) is 6.92 Å². The summed E-state index contributed by atoms with van der Waals surface area (Å²) in [6.45, 7) is 1.85. The Hall–Kier alpha value is -3.55. The normalized spacial score (nSPS) is 11.0. The number of nitrogens with one attached hydrogen (secondary N) is 2. The second kappa shape index (κ2) is 7.99. The summed E-state index contributed by atoms with van der Waals surface area (Å²) >= 11 is 0. The van der Waals surface area contributed by atoms with Gasteiger partial charge in [0.05, 0.1) is 5.56 Å². The largest absolute Gasteiger partial charge is 0.457 e. The zero-order valence-electron chi connectivity index (χ0n) is 14.7. The maximum absolute atomic E-state index is 12.7. The molecule has 2 N–H and O–H groups in total. The fraction of sp³-hybridized carbons (Fsp3) is 0.100. The van der Waals surface area contributed by atoms with Crippen LogP contribution in [0.5, 0.6) is 11.5 Å². The number of ether oxygens (including phenoxy) is 1. The molecular weight excluding hydrogens is 371 g/mol. The van der Waals surface area contributed by atoms with E-state index in [1.165, 1.54) is 12.1 Å². The smallest absolute Gasteiger partial charge is 0.416 e. The number of amides is 2. The maximum Gasteiger partial charge on any atom is 0.416 e. The molecule has 144 valence electrons. The number of nitrogens with zero attached hydrogens (tertiary/aromatic N) is 1. The van der Waals surface area contributed by atoms with Gasteiger partial charge in [0.25, 0.3) is 0 Å². The van der Waals surface area contributed by atoms with Crippen molar-refractivity contribution >= 4 is 17.4 Å². The minimum atomic E-state index is -4.47. The molecule has 1 heterocycles. The van der Waals surface area contributed by atoms with Gasteiger partial charge in [0, 0.05) is 29.3 Å². The van der Waals surface area contributed by atoms with Crippen molar-refractivity contribution < 1.29 is 22.7 Å². The van der Waals surface area contributed by atoms with Crippen LogP contribution in [0.3, 0.4) is 0 Å². The zero-order valence-corrected chi connectivity index (χ0v) is 14.7. The quantitative estimate of drug-likeness (QED) is 0.591. The first-order chi connectivity index (χ1) is 13.3. The molecule has 1 aromatic heterocycles. The molecular formula is C20H16F3N3O2. The molecule has 0 spiro atoms. The lowest BCUT2D eigenvalue weighted by molar-refractivity contribution is -0.137. The third-order valence-corrected chi connectivity index (χ3v) is 3.66.